The molecule has 0 saturated carbocycles. The average molecular weight is 840 g/mol. The van der Waals surface area contributed by atoms with E-state index in [-0.39, 0.29) is 11.6 Å². The van der Waals surface area contributed by atoms with Gasteiger partial charge in [0.25, 0.3) is 0 Å². The summed E-state index contributed by atoms with van der Waals surface area (Å²) < 4.78 is 32.4. The van der Waals surface area contributed by atoms with E-state index in [1.165, 1.54) is 12.1 Å². The zero-order valence-electron chi connectivity index (χ0n) is 35.1. The highest BCUT2D eigenvalue weighted by Gasteiger charge is 2.21. The first kappa shape index (κ1) is 38.2. The van der Waals surface area contributed by atoms with Crippen molar-refractivity contribution in [1.29, 1.82) is 0 Å². The number of rotatable bonds is 8. The number of nitrogens with zero attached hydrogens (tertiary/aromatic N) is 3. The molecule has 0 aliphatic carbocycles. The quantitative estimate of drug-likeness (QED) is 0.151. The van der Waals surface area contributed by atoms with Gasteiger partial charge >= 0.3 is 0 Å². The normalized spacial score (nSPS) is 11.5. The zero-order valence-corrected chi connectivity index (χ0v) is 35.1. The lowest BCUT2D eigenvalue weighted by Crippen LogP contribution is -2.10. The maximum atomic E-state index is 15.1. The predicted octanol–water partition coefficient (Wildman–Crippen LogP) is 17.1. The first-order valence-electron chi connectivity index (χ1n) is 21.8. The predicted molar refractivity (Wildman–Crippen MR) is 268 cm³/mol. The van der Waals surface area contributed by atoms with Crippen molar-refractivity contribution in [3.8, 4) is 16.8 Å². The summed E-state index contributed by atoms with van der Waals surface area (Å²) in [7, 11) is 0. The number of fused-ring (bicyclic) bond motifs is 6. The lowest BCUT2D eigenvalue weighted by atomic mass is 10.0. The highest BCUT2D eigenvalue weighted by Crippen LogP contribution is 2.43. The van der Waals surface area contributed by atoms with Crippen molar-refractivity contribution in [1.82, 2.24) is 4.57 Å². The Hall–Kier alpha value is -8.54. The maximum Gasteiger partial charge on any atom is 0.125 e. The second-order valence-electron chi connectivity index (χ2n) is 16.5. The van der Waals surface area contributed by atoms with Crippen LogP contribution in [0.5, 0.6) is 0 Å². The van der Waals surface area contributed by atoms with Crippen LogP contribution in [0.2, 0.25) is 0 Å². The van der Waals surface area contributed by atoms with Gasteiger partial charge in [-0.05, 0) is 153 Å². The van der Waals surface area contributed by atoms with Crippen molar-refractivity contribution in [3.05, 3.63) is 248 Å². The molecule has 3 nitrogen and oxygen atoms in total. The Morgan fingerprint density at radius 2 is 0.738 bits per heavy atom. The van der Waals surface area contributed by atoms with E-state index in [1.54, 1.807) is 24.3 Å². The van der Waals surface area contributed by atoms with E-state index in [9.17, 15) is 4.39 Å². The van der Waals surface area contributed by atoms with Crippen molar-refractivity contribution in [3.63, 3.8) is 0 Å². The molecule has 12 aromatic rings. The number of hydrogen-bond donors (Lipinski definition) is 0. The van der Waals surface area contributed by atoms with Crippen LogP contribution in [0.4, 0.5) is 42.9 Å². The van der Waals surface area contributed by atoms with Gasteiger partial charge in [-0.3, -0.25) is 0 Å². The highest BCUT2D eigenvalue weighted by atomic mass is 19.1. The molecule has 308 valence electrons. The second kappa shape index (κ2) is 15.7. The van der Waals surface area contributed by atoms with E-state index in [0.29, 0.717) is 0 Å². The van der Waals surface area contributed by atoms with E-state index < -0.39 is 0 Å². The van der Waals surface area contributed by atoms with E-state index in [2.05, 4.69) is 172 Å². The van der Waals surface area contributed by atoms with Crippen molar-refractivity contribution in [2.75, 3.05) is 9.80 Å². The molecule has 5 heteroatoms. The number of halogens is 2. The number of hydrogen-bond acceptors (Lipinski definition) is 2. The lowest BCUT2D eigenvalue weighted by Gasteiger charge is -2.26. The smallest absolute Gasteiger partial charge is 0.125 e. The van der Waals surface area contributed by atoms with E-state index in [1.807, 2.05) is 42.5 Å². The van der Waals surface area contributed by atoms with Crippen LogP contribution in [0.25, 0.3) is 70.9 Å². The Morgan fingerprint density at radius 1 is 0.277 bits per heavy atom. The first-order chi connectivity index (χ1) is 32.0. The molecule has 0 amide bonds. The van der Waals surface area contributed by atoms with Crippen LogP contribution in [0.3, 0.4) is 0 Å². The van der Waals surface area contributed by atoms with Crippen molar-refractivity contribution >= 4 is 88.2 Å². The number of benzene rings is 11. The Labute approximate surface area is 374 Å². The van der Waals surface area contributed by atoms with Crippen molar-refractivity contribution in [2.45, 2.75) is 0 Å². The molecule has 1 heterocycles. The molecule has 11 aromatic carbocycles. The fourth-order valence-corrected chi connectivity index (χ4v) is 9.50. The van der Waals surface area contributed by atoms with Crippen molar-refractivity contribution < 1.29 is 8.78 Å². The first-order valence-corrected chi connectivity index (χ1v) is 21.8. The molecule has 0 bridgehead atoms. The summed E-state index contributed by atoms with van der Waals surface area (Å²) in [5, 5.41) is 8.80. The summed E-state index contributed by atoms with van der Waals surface area (Å²) in [5.74, 6) is -0.599. The summed E-state index contributed by atoms with van der Waals surface area (Å²) in [6.07, 6.45) is 0. The Bertz CT molecular complexity index is 3780. The fraction of sp³-hybridized carbons (Fsp3) is 0. The molecule has 1 aromatic heterocycles. The van der Waals surface area contributed by atoms with Crippen LogP contribution in [-0.4, -0.2) is 4.57 Å². The van der Waals surface area contributed by atoms with Crippen LogP contribution < -0.4 is 9.80 Å². The van der Waals surface area contributed by atoms with Gasteiger partial charge < -0.3 is 14.4 Å². The van der Waals surface area contributed by atoms with Crippen LogP contribution in [0.15, 0.2) is 237 Å². The topological polar surface area (TPSA) is 11.4 Å². The largest absolute Gasteiger partial charge is 0.310 e. The second-order valence-corrected chi connectivity index (χ2v) is 16.5. The molecule has 0 spiro atoms. The van der Waals surface area contributed by atoms with Gasteiger partial charge in [0.2, 0.25) is 0 Å². The fourth-order valence-electron chi connectivity index (χ4n) is 9.50. The van der Waals surface area contributed by atoms with Gasteiger partial charge in [0.15, 0.2) is 0 Å². The van der Waals surface area contributed by atoms with Gasteiger partial charge in [-0.2, -0.15) is 0 Å². The average Bonchev–Trinajstić information content (AvgIpc) is 3.66. The molecule has 0 radical (unpaired) electrons. The van der Waals surface area contributed by atoms with Gasteiger partial charge in [0.1, 0.15) is 11.6 Å². The van der Waals surface area contributed by atoms with Crippen LogP contribution in [0.1, 0.15) is 0 Å². The third-order valence-corrected chi connectivity index (χ3v) is 12.5. The Kier molecular flexibility index (Phi) is 9.20. The lowest BCUT2D eigenvalue weighted by molar-refractivity contribution is 0.627. The van der Waals surface area contributed by atoms with E-state index >= 15 is 4.39 Å². The Morgan fingerprint density at radius 3 is 1.35 bits per heavy atom. The zero-order chi connectivity index (χ0) is 43.4. The molecule has 0 aliphatic heterocycles. The van der Waals surface area contributed by atoms with E-state index in [0.717, 1.165) is 105 Å². The molecule has 0 N–H and O–H groups in total. The molecular weight excluding hydrogens is 801 g/mol. The van der Waals surface area contributed by atoms with Crippen LogP contribution in [-0.2, 0) is 0 Å². The monoisotopic (exact) mass is 839 g/mol. The minimum atomic E-state index is -0.302. The summed E-state index contributed by atoms with van der Waals surface area (Å²) in [6.45, 7) is 0. The van der Waals surface area contributed by atoms with Crippen LogP contribution in [0, 0.1) is 11.6 Å². The molecular formula is C60H39F2N3. The molecule has 0 aliphatic rings. The van der Waals surface area contributed by atoms with Gasteiger partial charge in [-0.1, -0.05) is 127 Å². The SMILES string of the molecule is Fc1cccc(N(c2ccc3ccccc3c2)c2ccc3cc4c5ccc(N(c6cccc(F)c6)c6ccc7ccccc7c6)cc5n(-c5cccc(-c6ccccc6)c5)c4cc3c2)c1. The van der Waals surface area contributed by atoms with Gasteiger partial charge in [-0.25, -0.2) is 8.78 Å². The van der Waals surface area contributed by atoms with E-state index in [4.69, 9.17) is 0 Å². The summed E-state index contributed by atoms with van der Waals surface area (Å²) in [5.41, 5.74) is 10.4. The third-order valence-electron chi connectivity index (χ3n) is 12.5. The minimum Gasteiger partial charge on any atom is -0.310 e. The summed E-state index contributed by atoms with van der Waals surface area (Å²) in [6, 6.07) is 79.7. The molecule has 0 atom stereocenters. The van der Waals surface area contributed by atoms with Crippen LogP contribution >= 0.6 is 0 Å². The number of anilines is 6. The minimum absolute atomic E-state index is 0.297. The molecule has 12 rings (SSSR count). The molecule has 0 saturated heterocycles. The summed E-state index contributed by atoms with van der Waals surface area (Å²) in [4.78, 5) is 4.26. The summed E-state index contributed by atoms with van der Waals surface area (Å²) >= 11 is 0. The third kappa shape index (κ3) is 6.91. The number of aromatic nitrogens is 1. The molecule has 0 fully saturated rings. The molecule has 65 heavy (non-hydrogen) atoms. The molecule has 0 unspecified atom stereocenters. The van der Waals surface area contributed by atoms with Crippen molar-refractivity contribution in [2.24, 2.45) is 0 Å². The maximum absolute atomic E-state index is 15.1. The van der Waals surface area contributed by atoms with Gasteiger partial charge in [-0.15, -0.1) is 0 Å². The highest BCUT2D eigenvalue weighted by molar-refractivity contribution is 6.15. The standard InChI is InChI=1S/C60H39F2N3/c61-48-18-9-21-51(37-48)63(53-26-23-41-13-4-6-15-43(41)32-53)55-28-25-46-35-58-57-30-29-56(64(52-22-10-19-49(62)38-52)54-27-24-42-14-5-7-16-44(42)33-54)39-60(57)65(59(58)36-47(46)34-55)50-20-8-17-45(31-50)40-11-2-1-3-12-40/h1-39H. The van der Waals surface area contributed by atoms with Gasteiger partial charge in [0, 0.05) is 50.6 Å². The Balaban J connectivity index is 1.09. The van der Waals surface area contributed by atoms with Gasteiger partial charge in [0.05, 0.1) is 11.0 Å².